The molecule has 2 fully saturated rings. The molecule has 24 heavy (non-hydrogen) atoms. The van der Waals surface area contributed by atoms with E-state index in [0.717, 1.165) is 25.3 Å². The summed E-state index contributed by atoms with van der Waals surface area (Å²) in [5.41, 5.74) is 0.656. The van der Waals surface area contributed by atoms with Gasteiger partial charge in [-0.1, -0.05) is 18.9 Å². The lowest BCUT2D eigenvalue weighted by molar-refractivity contribution is -0.144. The van der Waals surface area contributed by atoms with Crippen LogP contribution >= 0.6 is 0 Å². The highest BCUT2D eigenvalue weighted by Crippen LogP contribution is 2.43. The zero-order valence-electron chi connectivity index (χ0n) is 13.9. The maximum absolute atomic E-state index is 14.2. The molecule has 3 rings (SSSR count). The van der Waals surface area contributed by atoms with E-state index >= 15 is 0 Å². The molecule has 1 saturated heterocycles. The van der Waals surface area contributed by atoms with Crippen LogP contribution in [0.15, 0.2) is 23.1 Å². The smallest absolute Gasteiger partial charge is 0.324 e. The third kappa shape index (κ3) is 2.84. The molecule has 7 heteroatoms. The van der Waals surface area contributed by atoms with Gasteiger partial charge in [0.15, 0.2) is 0 Å². The summed E-state index contributed by atoms with van der Waals surface area (Å²) in [5.74, 6) is -1.23. The molecule has 0 amide bonds. The second-order valence-corrected chi connectivity index (χ2v) is 8.47. The number of sulfonamides is 1. The molecule has 2 aliphatic rings. The van der Waals surface area contributed by atoms with Crippen molar-refractivity contribution in [2.75, 3.05) is 7.11 Å². The Bertz CT molecular complexity index is 749. The van der Waals surface area contributed by atoms with E-state index in [1.807, 2.05) is 0 Å². The zero-order chi connectivity index (χ0) is 17.5. The number of benzene rings is 1. The van der Waals surface area contributed by atoms with Gasteiger partial charge in [0.25, 0.3) is 0 Å². The standard InChI is InChI=1S/C17H22FNO4S/c1-11-7-8-13(18)16(9-11)24(21,22)19-14-6-4-3-5-12(14)10-15(19)17(20)23-2/h7-9,12,14-15H,3-6,10H2,1-2H3. The summed E-state index contributed by atoms with van der Waals surface area (Å²) in [6.45, 7) is 1.71. The summed E-state index contributed by atoms with van der Waals surface area (Å²) in [6.07, 6.45) is 3.98. The quantitative estimate of drug-likeness (QED) is 0.782. The Balaban J connectivity index is 2.08. The van der Waals surface area contributed by atoms with E-state index in [2.05, 4.69) is 0 Å². The van der Waals surface area contributed by atoms with E-state index in [0.29, 0.717) is 18.4 Å². The molecule has 0 radical (unpaired) electrons. The minimum Gasteiger partial charge on any atom is -0.468 e. The predicted octanol–water partition coefficient (Wildman–Crippen LogP) is 2.63. The number of esters is 1. The predicted molar refractivity (Wildman–Crippen MR) is 86.3 cm³/mol. The van der Waals surface area contributed by atoms with Gasteiger partial charge in [0, 0.05) is 6.04 Å². The maximum Gasteiger partial charge on any atom is 0.324 e. The second-order valence-electron chi connectivity index (χ2n) is 6.66. The van der Waals surface area contributed by atoms with Crippen LogP contribution in [0.25, 0.3) is 0 Å². The molecule has 0 spiro atoms. The van der Waals surface area contributed by atoms with Crippen molar-refractivity contribution in [1.82, 2.24) is 4.31 Å². The van der Waals surface area contributed by atoms with Crippen molar-refractivity contribution in [1.29, 1.82) is 0 Å². The van der Waals surface area contributed by atoms with Crippen molar-refractivity contribution < 1.29 is 22.3 Å². The number of methoxy groups -OCH3 is 1. The maximum atomic E-state index is 14.2. The summed E-state index contributed by atoms with van der Waals surface area (Å²) in [5, 5.41) is 0. The Morgan fingerprint density at radius 2 is 2.00 bits per heavy atom. The molecular weight excluding hydrogens is 333 g/mol. The number of carbonyl (C=O) groups is 1. The number of halogens is 1. The largest absolute Gasteiger partial charge is 0.468 e. The normalized spacial score (nSPS) is 27.7. The highest BCUT2D eigenvalue weighted by atomic mass is 32.2. The number of hydrogen-bond donors (Lipinski definition) is 0. The van der Waals surface area contributed by atoms with Crippen molar-refractivity contribution >= 4 is 16.0 Å². The molecule has 0 N–H and O–H groups in total. The first kappa shape index (κ1) is 17.4. The molecule has 1 aromatic rings. The average Bonchev–Trinajstić information content (AvgIpc) is 2.96. The zero-order valence-corrected chi connectivity index (χ0v) is 14.7. The fourth-order valence-corrected chi connectivity index (χ4v) is 6.04. The molecule has 1 aliphatic heterocycles. The van der Waals surface area contributed by atoms with Crippen molar-refractivity contribution in [2.24, 2.45) is 5.92 Å². The lowest BCUT2D eigenvalue weighted by Gasteiger charge is -2.32. The molecule has 3 atom stereocenters. The first-order chi connectivity index (χ1) is 11.4. The van der Waals surface area contributed by atoms with Gasteiger partial charge in [-0.2, -0.15) is 4.31 Å². The van der Waals surface area contributed by atoms with E-state index in [4.69, 9.17) is 4.74 Å². The Hall–Kier alpha value is -1.47. The number of aryl methyl sites for hydroxylation is 1. The van der Waals surface area contributed by atoms with Crippen molar-refractivity contribution in [2.45, 2.75) is 56.0 Å². The Kier molecular flexibility index (Phi) is 4.66. The summed E-state index contributed by atoms with van der Waals surface area (Å²) in [4.78, 5) is 11.8. The third-order valence-electron chi connectivity index (χ3n) is 5.14. The molecule has 132 valence electrons. The molecule has 3 unspecified atom stereocenters. The molecule has 0 aromatic heterocycles. The van der Waals surface area contributed by atoms with Crippen molar-refractivity contribution in [3.63, 3.8) is 0 Å². The summed E-state index contributed by atoms with van der Waals surface area (Å²) >= 11 is 0. The summed E-state index contributed by atoms with van der Waals surface area (Å²) in [6, 6.07) is 2.89. The van der Waals surface area contributed by atoms with Gasteiger partial charge in [0.2, 0.25) is 10.0 Å². The van der Waals surface area contributed by atoms with Crippen molar-refractivity contribution in [3.05, 3.63) is 29.6 Å². The van der Waals surface area contributed by atoms with Gasteiger partial charge in [0.1, 0.15) is 16.8 Å². The van der Waals surface area contributed by atoms with Crippen LogP contribution in [0.5, 0.6) is 0 Å². The lowest BCUT2D eigenvalue weighted by Crippen LogP contribution is -2.46. The molecule has 0 bridgehead atoms. The molecule has 1 aromatic carbocycles. The lowest BCUT2D eigenvalue weighted by atomic mass is 9.85. The van der Waals surface area contributed by atoms with Crippen LogP contribution in [-0.4, -0.2) is 37.9 Å². The van der Waals surface area contributed by atoms with Crippen LogP contribution in [0.1, 0.15) is 37.7 Å². The molecule has 1 aliphatic carbocycles. The highest BCUT2D eigenvalue weighted by Gasteiger charge is 2.51. The van der Waals surface area contributed by atoms with E-state index < -0.39 is 27.9 Å². The van der Waals surface area contributed by atoms with Crippen LogP contribution in [0, 0.1) is 18.7 Å². The average molecular weight is 355 g/mol. The fraction of sp³-hybridized carbons (Fsp3) is 0.588. The van der Waals surface area contributed by atoms with E-state index in [9.17, 15) is 17.6 Å². The minimum absolute atomic E-state index is 0.130. The fourth-order valence-electron chi connectivity index (χ4n) is 4.02. The van der Waals surface area contributed by atoms with Crippen LogP contribution in [0.4, 0.5) is 4.39 Å². The van der Waals surface area contributed by atoms with E-state index in [1.165, 1.54) is 23.5 Å². The first-order valence-electron chi connectivity index (χ1n) is 8.23. The Labute approximate surface area is 141 Å². The molecular formula is C17H22FNO4S. The van der Waals surface area contributed by atoms with Crippen LogP contribution in [0.3, 0.4) is 0 Å². The molecule has 5 nitrogen and oxygen atoms in total. The Morgan fingerprint density at radius 1 is 1.29 bits per heavy atom. The van der Waals surface area contributed by atoms with E-state index in [-0.39, 0.29) is 16.9 Å². The Morgan fingerprint density at radius 3 is 2.71 bits per heavy atom. The van der Waals surface area contributed by atoms with Crippen molar-refractivity contribution in [3.8, 4) is 0 Å². The molecule has 1 heterocycles. The van der Waals surface area contributed by atoms with Gasteiger partial charge < -0.3 is 4.74 Å². The van der Waals surface area contributed by atoms with Crippen LogP contribution < -0.4 is 0 Å². The van der Waals surface area contributed by atoms with Gasteiger partial charge in [-0.05, 0) is 49.8 Å². The highest BCUT2D eigenvalue weighted by molar-refractivity contribution is 7.89. The number of hydrogen-bond acceptors (Lipinski definition) is 4. The van der Waals surface area contributed by atoms with Gasteiger partial charge >= 0.3 is 5.97 Å². The SMILES string of the molecule is COC(=O)C1CC2CCCCC2N1S(=O)(=O)c1cc(C)ccc1F. The number of ether oxygens (including phenoxy) is 1. The minimum atomic E-state index is -4.11. The van der Waals surface area contributed by atoms with Crippen LogP contribution in [0.2, 0.25) is 0 Å². The summed E-state index contributed by atoms with van der Waals surface area (Å²) < 4.78 is 46.6. The number of fused-ring (bicyclic) bond motifs is 1. The van der Waals surface area contributed by atoms with Crippen LogP contribution in [-0.2, 0) is 19.6 Å². The van der Waals surface area contributed by atoms with E-state index in [1.54, 1.807) is 6.92 Å². The van der Waals surface area contributed by atoms with Gasteiger partial charge in [0.05, 0.1) is 7.11 Å². The monoisotopic (exact) mass is 355 g/mol. The second kappa shape index (κ2) is 6.44. The number of nitrogens with zero attached hydrogens (tertiary/aromatic N) is 1. The first-order valence-corrected chi connectivity index (χ1v) is 9.68. The topological polar surface area (TPSA) is 63.7 Å². The third-order valence-corrected chi connectivity index (χ3v) is 7.09. The summed E-state index contributed by atoms with van der Waals surface area (Å²) in [7, 11) is -2.86. The van der Waals surface area contributed by atoms with Gasteiger partial charge in [-0.15, -0.1) is 0 Å². The van der Waals surface area contributed by atoms with Gasteiger partial charge in [-0.25, -0.2) is 12.8 Å². The number of carbonyl (C=O) groups excluding carboxylic acids is 1. The van der Waals surface area contributed by atoms with Gasteiger partial charge in [-0.3, -0.25) is 4.79 Å². The molecule has 1 saturated carbocycles. The number of rotatable bonds is 3.